The fourth-order valence-electron chi connectivity index (χ4n) is 6.62. The number of hydrogen-bond donors (Lipinski definition) is 0. The van der Waals surface area contributed by atoms with Gasteiger partial charge < -0.3 is 4.74 Å². The van der Waals surface area contributed by atoms with Gasteiger partial charge in [0.15, 0.2) is 0 Å². The second kappa shape index (κ2) is 8.10. The minimum atomic E-state index is -0.167. The van der Waals surface area contributed by atoms with Crippen LogP contribution in [0.2, 0.25) is 10.0 Å². The number of likely N-dealkylation sites (tertiary alicyclic amines) is 1. The van der Waals surface area contributed by atoms with Crippen LogP contribution >= 0.6 is 23.2 Å². The lowest BCUT2D eigenvalue weighted by Crippen LogP contribution is -2.57. The van der Waals surface area contributed by atoms with Crippen LogP contribution in [-0.2, 0) is 23.2 Å². The van der Waals surface area contributed by atoms with Gasteiger partial charge in [0.05, 0.1) is 10.0 Å². The summed E-state index contributed by atoms with van der Waals surface area (Å²) in [6.45, 7) is 4.99. The maximum atomic E-state index is 11.7. The van der Waals surface area contributed by atoms with Gasteiger partial charge in [-0.1, -0.05) is 48.7 Å². The number of esters is 1. The number of nitrogens with zero attached hydrogens (tertiary/aromatic N) is 1. The number of carbonyl (C=O) groups is 1. The Balaban J connectivity index is 1.40. The minimum absolute atomic E-state index is 0.167. The minimum Gasteiger partial charge on any atom is -0.427 e. The standard InChI is InChI=1S/C26H29Cl2NO2/c1-2-24(30)31-20-5-6-21-19(15-20)8-11-25-9-3-10-26(21,25)12-13-29(17-25)16-18-4-7-22(27)23(28)14-18/h4-7,14-15H,2-3,8-13,16-17H2,1H3. The van der Waals surface area contributed by atoms with Crippen molar-refractivity contribution in [1.82, 2.24) is 4.90 Å². The predicted octanol–water partition coefficient (Wildman–Crippen LogP) is 6.57. The molecule has 1 heterocycles. The summed E-state index contributed by atoms with van der Waals surface area (Å²) >= 11 is 12.4. The van der Waals surface area contributed by atoms with Crippen LogP contribution in [0.3, 0.4) is 0 Å². The molecule has 0 aromatic heterocycles. The Morgan fingerprint density at radius 1 is 1.06 bits per heavy atom. The van der Waals surface area contributed by atoms with Crippen molar-refractivity contribution in [3.63, 3.8) is 0 Å². The third-order valence-electron chi connectivity index (χ3n) is 8.03. The van der Waals surface area contributed by atoms with Crippen molar-refractivity contribution in [3.05, 3.63) is 63.1 Å². The number of piperidine rings is 1. The molecule has 5 heteroatoms. The molecule has 1 saturated heterocycles. The first-order chi connectivity index (χ1) is 14.9. The van der Waals surface area contributed by atoms with Crippen LogP contribution in [0.1, 0.15) is 62.1 Å². The molecule has 2 aromatic rings. The lowest BCUT2D eigenvalue weighted by atomic mass is 9.52. The smallest absolute Gasteiger partial charge is 0.310 e. The Morgan fingerprint density at radius 2 is 1.94 bits per heavy atom. The van der Waals surface area contributed by atoms with Gasteiger partial charge >= 0.3 is 5.97 Å². The molecule has 0 radical (unpaired) electrons. The fraction of sp³-hybridized carbons (Fsp3) is 0.500. The van der Waals surface area contributed by atoms with Crippen molar-refractivity contribution < 1.29 is 9.53 Å². The molecule has 3 nitrogen and oxygen atoms in total. The summed E-state index contributed by atoms with van der Waals surface area (Å²) in [5, 5.41) is 1.25. The SMILES string of the molecule is CCC(=O)Oc1ccc2c(c1)CCC13CCCC21CCN(Cc1ccc(Cl)c(Cl)c1)C3. The summed E-state index contributed by atoms with van der Waals surface area (Å²) in [6.07, 6.45) is 7.74. The molecule has 2 aliphatic carbocycles. The van der Waals surface area contributed by atoms with Gasteiger partial charge in [0.1, 0.15) is 5.75 Å². The van der Waals surface area contributed by atoms with E-state index in [-0.39, 0.29) is 11.4 Å². The number of benzene rings is 2. The van der Waals surface area contributed by atoms with Crippen molar-refractivity contribution in [3.8, 4) is 5.75 Å². The van der Waals surface area contributed by atoms with Crippen LogP contribution < -0.4 is 4.74 Å². The van der Waals surface area contributed by atoms with E-state index in [4.69, 9.17) is 27.9 Å². The third-order valence-corrected chi connectivity index (χ3v) is 8.77. The molecule has 1 aliphatic heterocycles. The van der Waals surface area contributed by atoms with Gasteiger partial charge in [-0.2, -0.15) is 0 Å². The van der Waals surface area contributed by atoms with Crippen LogP contribution in [0.25, 0.3) is 0 Å². The zero-order valence-electron chi connectivity index (χ0n) is 18.1. The quantitative estimate of drug-likeness (QED) is 0.384. The van der Waals surface area contributed by atoms with E-state index in [1.54, 1.807) is 0 Å². The lowest BCUT2D eigenvalue weighted by Gasteiger charge is -2.57. The molecule has 0 N–H and O–H groups in total. The highest BCUT2D eigenvalue weighted by Gasteiger charge is 2.59. The Kier molecular flexibility index (Phi) is 5.57. The van der Waals surface area contributed by atoms with Crippen molar-refractivity contribution in [1.29, 1.82) is 0 Å². The molecule has 31 heavy (non-hydrogen) atoms. The molecular formula is C26H29Cl2NO2. The summed E-state index contributed by atoms with van der Waals surface area (Å²) in [4.78, 5) is 14.4. The molecule has 0 amide bonds. The number of aryl methyl sites for hydroxylation is 1. The summed E-state index contributed by atoms with van der Waals surface area (Å²) in [7, 11) is 0. The molecule has 2 atom stereocenters. The fourth-order valence-corrected chi connectivity index (χ4v) is 6.94. The molecule has 2 unspecified atom stereocenters. The van der Waals surface area contributed by atoms with E-state index >= 15 is 0 Å². The lowest BCUT2D eigenvalue weighted by molar-refractivity contribution is -0.134. The highest BCUT2D eigenvalue weighted by molar-refractivity contribution is 6.42. The van der Waals surface area contributed by atoms with Crippen LogP contribution in [0.15, 0.2) is 36.4 Å². The van der Waals surface area contributed by atoms with Gasteiger partial charge in [-0.3, -0.25) is 9.69 Å². The van der Waals surface area contributed by atoms with Crippen LogP contribution in [0, 0.1) is 5.41 Å². The Labute approximate surface area is 194 Å². The second-order valence-electron chi connectivity index (χ2n) is 9.57. The third kappa shape index (κ3) is 3.59. The molecule has 3 aliphatic rings. The normalized spacial score (nSPS) is 27.3. The first-order valence-corrected chi connectivity index (χ1v) is 12.2. The van der Waals surface area contributed by atoms with Gasteiger partial charge in [0, 0.05) is 24.9 Å². The van der Waals surface area contributed by atoms with Gasteiger partial charge in [0.25, 0.3) is 0 Å². The topological polar surface area (TPSA) is 29.5 Å². The zero-order valence-corrected chi connectivity index (χ0v) is 19.6. The Bertz CT molecular complexity index is 1020. The predicted molar refractivity (Wildman–Crippen MR) is 125 cm³/mol. The number of carbonyl (C=O) groups excluding carboxylic acids is 1. The molecule has 1 saturated carbocycles. The molecule has 2 fully saturated rings. The Hall–Kier alpha value is -1.55. The highest BCUT2D eigenvalue weighted by atomic mass is 35.5. The maximum absolute atomic E-state index is 11.7. The Morgan fingerprint density at radius 3 is 2.74 bits per heavy atom. The van der Waals surface area contributed by atoms with E-state index in [0.29, 0.717) is 27.6 Å². The average Bonchev–Trinajstić information content (AvgIpc) is 3.16. The summed E-state index contributed by atoms with van der Waals surface area (Å²) in [6, 6.07) is 12.4. The molecule has 2 aromatic carbocycles. The van der Waals surface area contributed by atoms with Gasteiger partial charge in [0.2, 0.25) is 0 Å². The van der Waals surface area contributed by atoms with Crippen molar-refractivity contribution in [2.75, 3.05) is 13.1 Å². The molecule has 164 valence electrons. The average molecular weight is 458 g/mol. The number of halogens is 2. The largest absolute Gasteiger partial charge is 0.427 e. The van der Waals surface area contributed by atoms with Crippen LogP contribution in [-0.4, -0.2) is 24.0 Å². The van der Waals surface area contributed by atoms with E-state index in [1.807, 2.05) is 25.1 Å². The van der Waals surface area contributed by atoms with E-state index in [1.165, 1.54) is 48.8 Å². The van der Waals surface area contributed by atoms with E-state index < -0.39 is 0 Å². The first kappa shape index (κ1) is 21.3. The first-order valence-electron chi connectivity index (χ1n) is 11.5. The number of fused-ring (bicyclic) bond motifs is 1. The highest BCUT2D eigenvalue weighted by Crippen LogP contribution is 2.63. The number of hydrogen-bond acceptors (Lipinski definition) is 3. The van der Waals surface area contributed by atoms with Crippen molar-refractivity contribution >= 4 is 29.2 Å². The molecule has 0 spiro atoms. The summed E-state index contributed by atoms with van der Waals surface area (Å²) in [5.74, 6) is 0.532. The summed E-state index contributed by atoms with van der Waals surface area (Å²) in [5.41, 5.74) is 4.74. The monoisotopic (exact) mass is 457 g/mol. The van der Waals surface area contributed by atoms with E-state index in [9.17, 15) is 4.79 Å². The molecular weight excluding hydrogens is 429 g/mol. The van der Waals surface area contributed by atoms with Crippen molar-refractivity contribution in [2.45, 2.75) is 63.8 Å². The van der Waals surface area contributed by atoms with Gasteiger partial charge in [-0.25, -0.2) is 0 Å². The summed E-state index contributed by atoms with van der Waals surface area (Å²) < 4.78 is 5.51. The second-order valence-corrected chi connectivity index (χ2v) is 10.4. The van der Waals surface area contributed by atoms with E-state index in [2.05, 4.69) is 23.1 Å². The maximum Gasteiger partial charge on any atom is 0.310 e. The van der Waals surface area contributed by atoms with Gasteiger partial charge in [-0.15, -0.1) is 0 Å². The number of ether oxygens (including phenoxy) is 1. The van der Waals surface area contributed by atoms with E-state index in [0.717, 1.165) is 26.1 Å². The number of rotatable bonds is 4. The zero-order chi connectivity index (χ0) is 21.6. The van der Waals surface area contributed by atoms with Gasteiger partial charge in [-0.05, 0) is 85.0 Å². The van der Waals surface area contributed by atoms with Crippen LogP contribution in [0.4, 0.5) is 0 Å². The molecule has 0 bridgehead atoms. The van der Waals surface area contributed by atoms with Crippen molar-refractivity contribution in [2.24, 2.45) is 5.41 Å². The molecule has 5 rings (SSSR count). The van der Waals surface area contributed by atoms with Crippen LogP contribution in [0.5, 0.6) is 5.75 Å².